The van der Waals surface area contributed by atoms with Crippen molar-refractivity contribution in [3.8, 4) is 0 Å². The Morgan fingerprint density at radius 2 is 1.37 bits per heavy atom. The highest BCUT2D eigenvalue weighted by Gasteiger charge is 2.33. The standard InChI is InChI=1S/C20H29F3O4/c1-15-6-8-16(9-7-15)17(24)27-13-19(5,11-25-10-18(2,3)4)12-26-14-20(21,22)23/h6-9H,10-14H2,1-5H3. The van der Waals surface area contributed by atoms with Gasteiger partial charge in [-0.2, -0.15) is 13.2 Å². The summed E-state index contributed by atoms with van der Waals surface area (Å²) in [7, 11) is 0. The summed E-state index contributed by atoms with van der Waals surface area (Å²) in [6.07, 6.45) is -4.41. The number of esters is 1. The highest BCUT2D eigenvalue weighted by molar-refractivity contribution is 5.89. The van der Waals surface area contributed by atoms with Gasteiger partial charge in [-0.05, 0) is 24.5 Å². The van der Waals surface area contributed by atoms with Gasteiger partial charge < -0.3 is 14.2 Å². The molecule has 1 aromatic carbocycles. The van der Waals surface area contributed by atoms with Crippen LogP contribution in [0.25, 0.3) is 0 Å². The molecule has 0 amide bonds. The predicted molar refractivity (Wildman–Crippen MR) is 96.7 cm³/mol. The quantitative estimate of drug-likeness (QED) is 0.568. The van der Waals surface area contributed by atoms with E-state index >= 15 is 0 Å². The summed E-state index contributed by atoms with van der Waals surface area (Å²) in [5.74, 6) is -0.534. The third-order valence-corrected chi connectivity index (χ3v) is 3.54. The average molecular weight is 390 g/mol. The topological polar surface area (TPSA) is 44.8 Å². The molecule has 27 heavy (non-hydrogen) atoms. The first kappa shape index (κ1) is 23.4. The second-order valence-corrected chi connectivity index (χ2v) is 8.41. The van der Waals surface area contributed by atoms with E-state index in [1.54, 1.807) is 31.2 Å². The van der Waals surface area contributed by atoms with Crippen LogP contribution in [0.1, 0.15) is 43.6 Å². The summed E-state index contributed by atoms with van der Waals surface area (Å²) >= 11 is 0. The summed E-state index contributed by atoms with van der Waals surface area (Å²) in [5.41, 5.74) is 0.408. The number of hydrogen-bond donors (Lipinski definition) is 0. The summed E-state index contributed by atoms with van der Waals surface area (Å²) in [4.78, 5) is 12.2. The molecule has 1 aromatic rings. The lowest BCUT2D eigenvalue weighted by Gasteiger charge is -2.30. The summed E-state index contributed by atoms with van der Waals surface area (Å²) < 4.78 is 52.9. The maximum absolute atomic E-state index is 12.4. The van der Waals surface area contributed by atoms with Gasteiger partial charge in [-0.15, -0.1) is 0 Å². The Labute approximate surface area is 159 Å². The molecule has 0 bridgehead atoms. The lowest BCUT2D eigenvalue weighted by molar-refractivity contribution is -0.185. The second-order valence-electron chi connectivity index (χ2n) is 8.41. The van der Waals surface area contributed by atoms with Crippen molar-refractivity contribution in [2.75, 3.05) is 33.0 Å². The number of benzene rings is 1. The van der Waals surface area contributed by atoms with E-state index in [2.05, 4.69) is 0 Å². The van der Waals surface area contributed by atoms with E-state index in [4.69, 9.17) is 14.2 Å². The van der Waals surface area contributed by atoms with E-state index in [9.17, 15) is 18.0 Å². The monoisotopic (exact) mass is 390 g/mol. The molecule has 1 unspecified atom stereocenters. The molecule has 7 heteroatoms. The normalized spacial score (nSPS) is 14.7. The van der Waals surface area contributed by atoms with Gasteiger partial charge in [0.2, 0.25) is 0 Å². The molecule has 0 fully saturated rings. The number of alkyl halides is 3. The summed E-state index contributed by atoms with van der Waals surface area (Å²) in [6, 6.07) is 6.86. The van der Waals surface area contributed by atoms with E-state index in [-0.39, 0.29) is 25.2 Å². The maximum atomic E-state index is 12.4. The Hall–Kier alpha value is -1.60. The van der Waals surface area contributed by atoms with Crippen LogP contribution in [-0.4, -0.2) is 45.2 Å². The van der Waals surface area contributed by atoms with Crippen LogP contribution in [0, 0.1) is 17.8 Å². The van der Waals surface area contributed by atoms with Crippen molar-refractivity contribution in [3.05, 3.63) is 35.4 Å². The van der Waals surface area contributed by atoms with Crippen LogP contribution < -0.4 is 0 Å². The molecule has 0 spiro atoms. The van der Waals surface area contributed by atoms with E-state index in [1.165, 1.54) is 0 Å². The van der Waals surface area contributed by atoms with Gasteiger partial charge in [0.25, 0.3) is 0 Å². The first-order valence-electron chi connectivity index (χ1n) is 8.76. The largest absolute Gasteiger partial charge is 0.461 e. The molecule has 0 aliphatic rings. The molecular weight excluding hydrogens is 361 g/mol. The number of carbonyl (C=O) groups excluding carboxylic acids is 1. The number of halogens is 3. The van der Waals surface area contributed by atoms with Crippen LogP contribution in [0.4, 0.5) is 13.2 Å². The lowest BCUT2D eigenvalue weighted by atomic mass is 9.93. The van der Waals surface area contributed by atoms with Crippen LogP contribution in [0.15, 0.2) is 24.3 Å². The summed E-state index contributed by atoms with van der Waals surface area (Å²) in [6.45, 7) is 8.38. The third-order valence-electron chi connectivity index (χ3n) is 3.54. The van der Waals surface area contributed by atoms with Crippen molar-refractivity contribution in [1.82, 2.24) is 0 Å². The minimum absolute atomic E-state index is 0.0910. The Morgan fingerprint density at radius 3 is 1.85 bits per heavy atom. The second kappa shape index (κ2) is 9.55. The van der Waals surface area contributed by atoms with Gasteiger partial charge in [-0.1, -0.05) is 45.4 Å². The van der Waals surface area contributed by atoms with Crippen LogP contribution in [0.5, 0.6) is 0 Å². The van der Waals surface area contributed by atoms with E-state index < -0.39 is 24.2 Å². The molecule has 0 heterocycles. The zero-order chi connectivity index (χ0) is 20.7. The molecule has 0 saturated carbocycles. The van der Waals surface area contributed by atoms with E-state index in [1.807, 2.05) is 27.7 Å². The van der Waals surface area contributed by atoms with Gasteiger partial charge in [0.15, 0.2) is 0 Å². The zero-order valence-electron chi connectivity index (χ0n) is 16.6. The average Bonchev–Trinajstić information content (AvgIpc) is 2.51. The third kappa shape index (κ3) is 10.3. The fourth-order valence-electron chi connectivity index (χ4n) is 2.15. The fraction of sp³-hybridized carbons (Fsp3) is 0.650. The first-order valence-corrected chi connectivity index (χ1v) is 8.76. The number of rotatable bonds is 9. The van der Waals surface area contributed by atoms with Gasteiger partial charge in [0.05, 0.1) is 25.4 Å². The van der Waals surface area contributed by atoms with Crippen LogP contribution in [-0.2, 0) is 14.2 Å². The van der Waals surface area contributed by atoms with Gasteiger partial charge in [-0.25, -0.2) is 4.79 Å². The molecule has 1 atom stereocenters. The van der Waals surface area contributed by atoms with Crippen molar-refractivity contribution in [3.63, 3.8) is 0 Å². The molecular formula is C20H29F3O4. The van der Waals surface area contributed by atoms with Crippen molar-refractivity contribution >= 4 is 5.97 Å². The smallest absolute Gasteiger partial charge is 0.411 e. The minimum Gasteiger partial charge on any atom is -0.461 e. The summed E-state index contributed by atoms with van der Waals surface area (Å²) in [5, 5.41) is 0. The van der Waals surface area contributed by atoms with Crippen LogP contribution in [0.2, 0.25) is 0 Å². The number of ether oxygens (including phenoxy) is 3. The molecule has 0 aliphatic heterocycles. The molecule has 0 radical (unpaired) electrons. The zero-order valence-corrected chi connectivity index (χ0v) is 16.6. The Balaban J connectivity index is 2.67. The van der Waals surface area contributed by atoms with Crippen LogP contribution in [0.3, 0.4) is 0 Å². The first-order chi connectivity index (χ1) is 12.3. The Morgan fingerprint density at radius 1 is 0.852 bits per heavy atom. The van der Waals surface area contributed by atoms with Crippen LogP contribution >= 0.6 is 0 Å². The molecule has 154 valence electrons. The maximum Gasteiger partial charge on any atom is 0.411 e. The molecule has 4 nitrogen and oxygen atoms in total. The van der Waals surface area contributed by atoms with Gasteiger partial charge >= 0.3 is 12.1 Å². The molecule has 0 aliphatic carbocycles. The highest BCUT2D eigenvalue weighted by atomic mass is 19.4. The van der Waals surface area contributed by atoms with Gasteiger partial charge in [0.1, 0.15) is 13.2 Å². The van der Waals surface area contributed by atoms with Crippen molar-refractivity contribution in [1.29, 1.82) is 0 Å². The Kier molecular flexibility index (Phi) is 8.29. The van der Waals surface area contributed by atoms with Gasteiger partial charge in [-0.3, -0.25) is 0 Å². The van der Waals surface area contributed by atoms with Crippen molar-refractivity contribution in [2.45, 2.75) is 40.8 Å². The minimum atomic E-state index is -4.41. The number of hydrogen-bond acceptors (Lipinski definition) is 4. The van der Waals surface area contributed by atoms with Crippen molar-refractivity contribution in [2.24, 2.45) is 10.8 Å². The number of carbonyl (C=O) groups is 1. The predicted octanol–water partition coefficient (Wildman–Crippen LogP) is 4.80. The molecule has 0 aromatic heterocycles. The van der Waals surface area contributed by atoms with Gasteiger partial charge in [0, 0.05) is 5.41 Å². The molecule has 0 saturated heterocycles. The van der Waals surface area contributed by atoms with E-state index in [0.717, 1.165) is 5.56 Å². The fourth-order valence-corrected chi connectivity index (χ4v) is 2.15. The van der Waals surface area contributed by atoms with Crippen molar-refractivity contribution < 1.29 is 32.2 Å². The Bertz CT molecular complexity index is 569. The SMILES string of the molecule is Cc1ccc(C(=O)OCC(C)(COCC(C)(C)C)COCC(F)(F)F)cc1. The molecule has 1 rings (SSSR count). The highest BCUT2D eigenvalue weighted by Crippen LogP contribution is 2.23. The number of aryl methyl sites for hydroxylation is 1. The molecule has 0 N–H and O–H groups in total. The lowest BCUT2D eigenvalue weighted by Crippen LogP contribution is -2.37. The van der Waals surface area contributed by atoms with E-state index in [0.29, 0.717) is 12.2 Å².